The van der Waals surface area contributed by atoms with Crippen LogP contribution in [0.2, 0.25) is 0 Å². The summed E-state index contributed by atoms with van der Waals surface area (Å²) in [7, 11) is 0. The summed E-state index contributed by atoms with van der Waals surface area (Å²) in [5, 5.41) is 9.16. The number of carboxylic acids is 1. The highest BCUT2D eigenvalue weighted by atomic mass is 16.5. The van der Waals surface area contributed by atoms with Gasteiger partial charge in [-0.3, -0.25) is 0 Å². The molecule has 0 saturated carbocycles. The molecule has 5 heteroatoms. The molecule has 1 aromatic heterocycles. The molecule has 0 radical (unpaired) electrons. The monoisotopic (exact) mass is 264 g/mol. The lowest BCUT2D eigenvalue weighted by atomic mass is 10.2. The van der Waals surface area contributed by atoms with E-state index < -0.39 is 5.97 Å². The SMILES string of the molecule is CCc1cc(C(=O)O)cc(N2CCCOC(C)C2)n1. The summed E-state index contributed by atoms with van der Waals surface area (Å²) in [5.41, 5.74) is 1.12. The largest absolute Gasteiger partial charge is 0.478 e. The van der Waals surface area contributed by atoms with Crippen LogP contribution < -0.4 is 4.90 Å². The molecule has 0 spiro atoms. The van der Waals surface area contributed by atoms with Gasteiger partial charge in [-0.15, -0.1) is 0 Å². The molecular weight excluding hydrogens is 244 g/mol. The van der Waals surface area contributed by atoms with Crippen LogP contribution in [0.1, 0.15) is 36.3 Å². The van der Waals surface area contributed by atoms with Crippen molar-refractivity contribution < 1.29 is 14.6 Å². The minimum absolute atomic E-state index is 0.142. The van der Waals surface area contributed by atoms with Gasteiger partial charge >= 0.3 is 5.97 Å². The van der Waals surface area contributed by atoms with Crippen molar-refractivity contribution in [3.8, 4) is 0 Å². The highest BCUT2D eigenvalue weighted by molar-refractivity contribution is 5.88. The Kier molecular flexibility index (Phi) is 4.37. The van der Waals surface area contributed by atoms with Gasteiger partial charge in [0.1, 0.15) is 5.82 Å². The van der Waals surface area contributed by atoms with Gasteiger partial charge in [0.2, 0.25) is 0 Å². The number of ether oxygens (including phenoxy) is 1. The van der Waals surface area contributed by atoms with E-state index in [4.69, 9.17) is 9.84 Å². The summed E-state index contributed by atoms with van der Waals surface area (Å²) in [6, 6.07) is 3.29. The van der Waals surface area contributed by atoms with Gasteiger partial charge in [-0.2, -0.15) is 0 Å². The topological polar surface area (TPSA) is 62.7 Å². The highest BCUT2D eigenvalue weighted by Gasteiger charge is 2.18. The average Bonchev–Trinajstić information content (AvgIpc) is 2.62. The number of aryl methyl sites for hydroxylation is 1. The Bertz CT molecular complexity index is 462. The molecule has 1 unspecified atom stereocenters. The molecule has 1 aliphatic heterocycles. The normalized spacial score (nSPS) is 20.1. The van der Waals surface area contributed by atoms with Crippen molar-refractivity contribution in [3.05, 3.63) is 23.4 Å². The Morgan fingerprint density at radius 1 is 1.58 bits per heavy atom. The molecule has 0 aliphatic carbocycles. The second-order valence-corrected chi connectivity index (χ2v) is 4.85. The first-order valence-electron chi connectivity index (χ1n) is 6.71. The number of hydrogen-bond acceptors (Lipinski definition) is 4. The Morgan fingerprint density at radius 3 is 3.05 bits per heavy atom. The molecule has 19 heavy (non-hydrogen) atoms. The Labute approximate surface area is 113 Å². The molecule has 1 aromatic rings. The molecule has 5 nitrogen and oxygen atoms in total. The van der Waals surface area contributed by atoms with Crippen LogP contribution in [0, 0.1) is 0 Å². The molecule has 0 bridgehead atoms. The van der Waals surface area contributed by atoms with Crippen LogP contribution in [0.5, 0.6) is 0 Å². The van der Waals surface area contributed by atoms with Crippen LogP contribution in [0.15, 0.2) is 12.1 Å². The number of carboxylic acid groups (broad SMARTS) is 1. The first-order chi connectivity index (χ1) is 9.10. The van der Waals surface area contributed by atoms with E-state index in [1.165, 1.54) is 0 Å². The van der Waals surface area contributed by atoms with Crippen molar-refractivity contribution >= 4 is 11.8 Å². The van der Waals surface area contributed by atoms with Crippen LogP contribution in [-0.2, 0) is 11.2 Å². The van der Waals surface area contributed by atoms with Crippen LogP contribution in [0.3, 0.4) is 0 Å². The van der Waals surface area contributed by atoms with Gasteiger partial charge in [0.05, 0.1) is 11.7 Å². The highest BCUT2D eigenvalue weighted by Crippen LogP contribution is 2.19. The first-order valence-corrected chi connectivity index (χ1v) is 6.71. The average molecular weight is 264 g/mol. The van der Waals surface area contributed by atoms with Crippen molar-refractivity contribution in [2.45, 2.75) is 32.8 Å². The predicted molar refractivity (Wildman–Crippen MR) is 72.8 cm³/mol. The van der Waals surface area contributed by atoms with E-state index in [2.05, 4.69) is 9.88 Å². The molecule has 1 fully saturated rings. The number of hydrogen-bond donors (Lipinski definition) is 1. The van der Waals surface area contributed by atoms with E-state index in [0.29, 0.717) is 5.56 Å². The molecule has 1 N–H and O–H groups in total. The van der Waals surface area contributed by atoms with Crippen molar-refractivity contribution in [3.63, 3.8) is 0 Å². The zero-order chi connectivity index (χ0) is 13.8. The minimum Gasteiger partial charge on any atom is -0.478 e. The quantitative estimate of drug-likeness (QED) is 0.904. The molecule has 1 saturated heterocycles. The molecule has 0 aromatic carbocycles. The number of aromatic carboxylic acids is 1. The summed E-state index contributed by atoms with van der Waals surface area (Å²) in [6.45, 7) is 6.35. The number of rotatable bonds is 3. The lowest BCUT2D eigenvalue weighted by Gasteiger charge is -2.24. The molecule has 1 aliphatic rings. The number of pyridine rings is 1. The third-order valence-corrected chi connectivity index (χ3v) is 3.25. The van der Waals surface area contributed by atoms with Crippen LogP contribution in [0.25, 0.3) is 0 Å². The van der Waals surface area contributed by atoms with Crippen molar-refractivity contribution in [1.29, 1.82) is 0 Å². The van der Waals surface area contributed by atoms with Gasteiger partial charge in [-0.05, 0) is 31.9 Å². The zero-order valence-electron chi connectivity index (χ0n) is 11.4. The molecule has 2 heterocycles. The van der Waals surface area contributed by atoms with Gasteiger partial charge in [0.15, 0.2) is 0 Å². The number of anilines is 1. The molecule has 104 valence electrons. The Balaban J connectivity index is 2.31. The van der Waals surface area contributed by atoms with Crippen LogP contribution in [0.4, 0.5) is 5.82 Å². The molecule has 2 rings (SSSR count). The Hall–Kier alpha value is -1.62. The van der Waals surface area contributed by atoms with E-state index in [1.54, 1.807) is 12.1 Å². The van der Waals surface area contributed by atoms with Gasteiger partial charge in [0.25, 0.3) is 0 Å². The van der Waals surface area contributed by atoms with Crippen LogP contribution >= 0.6 is 0 Å². The maximum atomic E-state index is 11.2. The number of carbonyl (C=O) groups is 1. The fourth-order valence-electron chi connectivity index (χ4n) is 2.24. The maximum absolute atomic E-state index is 11.2. The predicted octanol–water partition coefficient (Wildman–Crippen LogP) is 1.96. The fraction of sp³-hybridized carbons (Fsp3) is 0.571. The zero-order valence-corrected chi connectivity index (χ0v) is 11.4. The summed E-state index contributed by atoms with van der Waals surface area (Å²) in [5.74, 6) is -0.161. The van der Waals surface area contributed by atoms with Crippen molar-refractivity contribution in [2.75, 3.05) is 24.6 Å². The summed E-state index contributed by atoms with van der Waals surface area (Å²) < 4.78 is 5.60. The second-order valence-electron chi connectivity index (χ2n) is 4.85. The van der Waals surface area contributed by atoms with E-state index in [1.807, 2.05) is 13.8 Å². The van der Waals surface area contributed by atoms with Gasteiger partial charge in [0, 0.05) is 25.4 Å². The third kappa shape index (κ3) is 3.44. The smallest absolute Gasteiger partial charge is 0.335 e. The molecular formula is C14H20N2O3. The van der Waals surface area contributed by atoms with Crippen LogP contribution in [-0.4, -0.2) is 41.9 Å². The van der Waals surface area contributed by atoms with E-state index in [0.717, 1.165) is 44.0 Å². The summed E-state index contributed by atoms with van der Waals surface area (Å²) >= 11 is 0. The maximum Gasteiger partial charge on any atom is 0.335 e. The third-order valence-electron chi connectivity index (χ3n) is 3.25. The lowest BCUT2D eigenvalue weighted by molar-refractivity contribution is 0.0696. The second kappa shape index (κ2) is 6.02. The number of nitrogens with zero attached hydrogens (tertiary/aromatic N) is 2. The van der Waals surface area contributed by atoms with Gasteiger partial charge < -0.3 is 14.7 Å². The summed E-state index contributed by atoms with van der Waals surface area (Å²) in [6.07, 6.45) is 1.81. The molecule has 0 amide bonds. The summed E-state index contributed by atoms with van der Waals surface area (Å²) in [4.78, 5) is 17.8. The van der Waals surface area contributed by atoms with E-state index in [-0.39, 0.29) is 6.10 Å². The van der Waals surface area contributed by atoms with E-state index in [9.17, 15) is 4.79 Å². The van der Waals surface area contributed by atoms with Crippen molar-refractivity contribution in [2.24, 2.45) is 0 Å². The number of aromatic nitrogens is 1. The van der Waals surface area contributed by atoms with Gasteiger partial charge in [-0.25, -0.2) is 9.78 Å². The fourth-order valence-corrected chi connectivity index (χ4v) is 2.24. The van der Waals surface area contributed by atoms with E-state index >= 15 is 0 Å². The molecule has 1 atom stereocenters. The first kappa shape index (κ1) is 13.8. The minimum atomic E-state index is -0.905. The van der Waals surface area contributed by atoms with Gasteiger partial charge in [-0.1, -0.05) is 6.92 Å². The van der Waals surface area contributed by atoms with Crippen molar-refractivity contribution in [1.82, 2.24) is 4.98 Å². The lowest BCUT2D eigenvalue weighted by Crippen LogP contribution is -2.31. The Morgan fingerprint density at radius 2 is 2.37 bits per heavy atom. The standard InChI is InChI=1S/C14H20N2O3/c1-3-12-7-11(14(17)18)8-13(15-12)16-5-4-6-19-10(2)9-16/h7-8,10H,3-6,9H2,1-2H3,(H,17,18).